The van der Waals surface area contributed by atoms with Gasteiger partial charge in [0.25, 0.3) is 0 Å². The second-order valence-electron chi connectivity index (χ2n) is 4.34. The summed E-state index contributed by atoms with van der Waals surface area (Å²) in [7, 11) is 0. The zero-order chi connectivity index (χ0) is 13.9. The van der Waals surface area contributed by atoms with Crippen molar-refractivity contribution in [3.63, 3.8) is 0 Å². The van der Waals surface area contributed by atoms with Gasteiger partial charge in [-0.25, -0.2) is 0 Å². The van der Waals surface area contributed by atoms with Gasteiger partial charge < -0.3 is 19.9 Å². The fraction of sp³-hybridized carbons (Fsp3) is 0.600. The summed E-state index contributed by atoms with van der Waals surface area (Å²) >= 11 is 0. The zero-order valence-corrected chi connectivity index (χ0v) is 11.9. The van der Waals surface area contributed by atoms with E-state index < -0.39 is 0 Å². The number of aliphatic hydroxyl groups excluding tert-OH is 1. The van der Waals surface area contributed by atoms with Gasteiger partial charge in [0.15, 0.2) is 0 Å². The SMILES string of the molecule is CCOc1ccccc1C(C)NCCCOCCO. The molecule has 1 atom stereocenters. The Balaban J connectivity index is 2.34. The molecule has 0 spiro atoms. The molecular weight excluding hydrogens is 242 g/mol. The highest BCUT2D eigenvalue weighted by Gasteiger charge is 2.09. The fourth-order valence-corrected chi connectivity index (χ4v) is 1.89. The van der Waals surface area contributed by atoms with Crippen LogP contribution in [0.2, 0.25) is 0 Å². The first-order valence-corrected chi connectivity index (χ1v) is 6.93. The van der Waals surface area contributed by atoms with Gasteiger partial charge in [-0.05, 0) is 32.9 Å². The van der Waals surface area contributed by atoms with Crippen LogP contribution in [0.25, 0.3) is 0 Å². The molecule has 0 radical (unpaired) electrons. The van der Waals surface area contributed by atoms with Crippen molar-refractivity contribution in [1.29, 1.82) is 0 Å². The number of rotatable bonds is 10. The Morgan fingerprint density at radius 3 is 2.79 bits per heavy atom. The van der Waals surface area contributed by atoms with Crippen molar-refractivity contribution in [1.82, 2.24) is 5.32 Å². The van der Waals surface area contributed by atoms with Gasteiger partial charge in [0, 0.05) is 18.2 Å². The highest BCUT2D eigenvalue weighted by atomic mass is 16.5. The van der Waals surface area contributed by atoms with E-state index in [2.05, 4.69) is 18.3 Å². The van der Waals surface area contributed by atoms with E-state index in [1.54, 1.807) is 0 Å². The van der Waals surface area contributed by atoms with Crippen molar-refractivity contribution in [3.8, 4) is 5.75 Å². The molecule has 0 aromatic heterocycles. The molecule has 108 valence electrons. The van der Waals surface area contributed by atoms with Crippen molar-refractivity contribution < 1.29 is 14.6 Å². The number of hydrogen-bond donors (Lipinski definition) is 2. The molecule has 0 bridgehead atoms. The number of ether oxygens (including phenoxy) is 2. The van der Waals surface area contributed by atoms with Crippen molar-refractivity contribution in [3.05, 3.63) is 29.8 Å². The summed E-state index contributed by atoms with van der Waals surface area (Å²) in [6, 6.07) is 8.36. The maximum Gasteiger partial charge on any atom is 0.124 e. The number of para-hydroxylation sites is 1. The molecule has 0 aliphatic heterocycles. The molecule has 0 amide bonds. The van der Waals surface area contributed by atoms with E-state index in [1.165, 1.54) is 5.56 Å². The summed E-state index contributed by atoms with van der Waals surface area (Å²) in [4.78, 5) is 0. The highest BCUT2D eigenvalue weighted by molar-refractivity contribution is 5.35. The molecule has 1 aromatic carbocycles. The molecule has 1 rings (SSSR count). The van der Waals surface area contributed by atoms with E-state index in [9.17, 15) is 0 Å². The molecule has 19 heavy (non-hydrogen) atoms. The lowest BCUT2D eigenvalue weighted by Crippen LogP contribution is -2.21. The van der Waals surface area contributed by atoms with Crippen LogP contribution in [-0.2, 0) is 4.74 Å². The molecule has 4 heteroatoms. The molecule has 1 unspecified atom stereocenters. The van der Waals surface area contributed by atoms with Gasteiger partial charge in [-0.1, -0.05) is 18.2 Å². The highest BCUT2D eigenvalue weighted by Crippen LogP contribution is 2.24. The zero-order valence-electron chi connectivity index (χ0n) is 11.9. The molecule has 0 aliphatic carbocycles. The average molecular weight is 267 g/mol. The number of benzene rings is 1. The molecule has 0 aliphatic rings. The Morgan fingerprint density at radius 1 is 1.26 bits per heavy atom. The second-order valence-corrected chi connectivity index (χ2v) is 4.34. The maximum absolute atomic E-state index is 8.59. The van der Waals surface area contributed by atoms with Gasteiger partial charge in [-0.15, -0.1) is 0 Å². The summed E-state index contributed by atoms with van der Waals surface area (Å²) in [5.74, 6) is 0.946. The number of nitrogens with one attached hydrogen (secondary N) is 1. The van der Waals surface area contributed by atoms with Crippen LogP contribution in [0.1, 0.15) is 31.9 Å². The monoisotopic (exact) mass is 267 g/mol. The maximum atomic E-state index is 8.59. The molecule has 1 aromatic rings. The fourth-order valence-electron chi connectivity index (χ4n) is 1.89. The Bertz CT molecular complexity index is 344. The lowest BCUT2D eigenvalue weighted by Gasteiger charge is -2.18. The van der Waals surface area contributed by atoms with Gasteiger partial charge in [-0.3, -0.25) is 0 Å². The van der Waals surface area contributed by atoms with Crippen LogP contribution in [0.3, 0.4) is 0 Å². The standard InChI is InChI=1S/C15H25NO3/c1-3-19-15-8-5-4-7-14(15)13(2)16-9-6-11-18-12-10-17/h4-5,7-8,13,16-17H,3,6,9-12H2,1-2H3. The van der Waals surface area contributed by atoms with E-state index in [0.717, 1.165) is 18.7 Å². The Hall–Kier alpha value is -1.10. The van der Waals surface area contributed by atoms with Gasteiger partial charge in [-0.2, -0.15) is 0 Å². The van der Waals surface area contributed by atoms with Crippen molar-refractivity contribution in [2.45, 2.75) is 26.3 Å². The van der Waals surface area contributed by atoms with E-state index in [4.69, 9.17) is 14.6 Å². The van der Waals surface area contributed by atoms with E-state index in [1.807, 2.05) is 25.1 Å². The van der Waals surface area contributed by atoms with Crippen molar-refractivity contribution in [2.75, 3.05) is 33.0 Å². The summed E-state index contributed by atoms with van der Waals surface area (Å²) in [5.41, 5.74) is 1.18. The minimum absolute atomic E-state index is 0.0889. The van der Waals surface area contributed by atoms with E-state index >= 15 is 0 Å². The minimum Gasteiger partial charge on any atom is -0.494 e. The van der Waals surface area contributed by atoms with Gasteiger partial charge >= 0.3 is 0 Å². The summed E-state index contributed by atoms with van der Waals surface area (Å²) in [6.45, 7) is 6.87. The first-order chi connectivity index (χ1) is 9.29. The third kappa shape index (κ3) is 6.05. The van der Waals surface area contributed by atoms with Crippen LogP contribution in [0.4, 0.5) is 0 Å². The Labute approximate surface area is 115 Å². The largest absolute Gasteiger partial charge is 0.494 e. The Morgan fingerprint density at radius 2 is 2.05 bits per heavy atom. The quantitative estimate of drug-likeness (QED) is 0.638. The molecular formula is C15H25NO3. The van der Waals surface area contributed by atoms with Crippen LogP contribution in [0.5, 0.6) is 5.75 Å². The topological polar surface area (TPSA) is 50.7 Å². The smallest absolute Gasteiger partial charge is 0.124 e. The normalized spacial score (nSPS) is 12.4. The first-order valence-electron chi connectivity index (χ1n) is 6.93. The van der Waals surface area contributed by atoms with Crippen LogP contribution < -0.4 is 10.1 Å². The van der Waals surface area contributed by atoms with Crippen LogP contribution in [-0.4, -0.2) is 38.1 Å². The lowest BCUT2D eigenvalue weighted by atomic mass is 10.1. The lowest BCUT2D eigenvalue weighted by molar-refractivity contribution is 0.0904. The van der Waals surface area contributed by atoms with E-state index in [-0.39, 0.29) is 12.6 Å². The molecule has 0 saturated carbocycles. The summed E-state index contributed by atoms with van der Waals surface area (Å²) in [6.07, 6.45) is 0.932. The average Bonchev–Trinajstić information content (AvgIpc) is 2.43. The molecule has 0 saturated heterocycles. The summed E-state index contributed by atoms with van der Waals surface area (Å²) < 4.78 is 10.8. The third-order valence-electron chi connectivity index (χ3n) is 2.84. The predicted molar refractivity (Wildman–Crippen MR) is 76.6 cm³/mol. The minimum atomic E-state index is 0.0889. The van der Waals surface area contributed by atoms with Gasteiger partial charge in [0.1, 0.15) is 5.75 Å². The molecule has 0 fully saturated rings. The molecule has 4 nitrogen and oxygen atoms in total. The first kappa shape index (κ1) is 16.0. The van der Waals surface area contributed by atoms with Gasteiger partial charge in [0.05, 0.1) is 19.8 Å². The van der Waals surface area contributed by atoms with Crippen molar-refractivity contribution >= 4 is 0 Å². The summed E-state index contributed by atoms with van der Waals surface area (Å²) in [5, 5.41) is 12.0. The second kappa shape index (κ2) is 9.78. The molecule has 2 N–H and O–H groups in total. The molecule has 0 heterocycles. The number of aliphatic hydroxyl groups is 1. The van der Waals surface area contributed by atoms with E-state index in [0.29, 0.717) is 19.8 Å². The van der Waals surface area contributed by atoms with Crippen molar-refractivity contribution in [2.24, 2.45) is 0 Å². The number of hydrogen-bond acceptors (Lipinski definition) is 4. The third-order valence-corrected chi connectivity index (χ3v) is 2.84. The van der Waals surface area contributed by atoms with Crippen LogP contribution in [0.15, 0.2) is 24.3 Å². The van der Waals surface area contributed by atoms with Gasteiger partial charge in [0.2, 0.25) is 0 Å². The van der Waals surface area contributed by atoms with Crippen LogP contribution >= 0.6 is 0 Å². The van der Waals surface area contributed by atoms with Crippen LogP contribution in [0, 0.1) is 0 Å². The Kier molecular flexibility index (Phi) is 8.21. The predicted octanol–water partition coefficient (Wildman–Crippen LogP) is 2.13.